The van der Waals surface area contributed by atoms with E-state index in [0.29, 0.717) is 11.7 Å². The molecule has 1 N–H and O–H groups in total. The summed E-state index contributed by atoms with van der Waals surface area (Å²) < 4.78 is 0. The van der Waals surface area contributed by atoms with Crippen LogP contribution >= 0.6 is 0 Å². The van der Waals surface area contributed by atoms with Gasteiger partial charge >= 0.3 is 0 Å². The molecule has 0 aliphatic rings. The normalized spacial score (nSPS) is 14.2. The Morgan fingerprint density at radius 1 is 1.12 bits per heavy atom. The summed E-state index contributed by atoms with van der Waals surface area (Å²) in [6.45, 7) is 12.6. The average molecular weight is 347 g/mol. The van der Waals surface area contributed by atoms with Crippen LogP contribution in [0, 0.1) is 12.8 Å². The van der Waals surface area contributed by atoms with Crippen molar-refractivity contribution in [2.75, 3.05) is 0 Å². The topological polar surface area (TPSA) is 20.2 Å². The fraction of sp³-hybridized carbons (Fsp3) is 0.280. The monoisotopic (exact) mass is 346 g/mol. The molecule has 2 aromatic carbocycles. The van der Waals surface area contributed by atoms with Crippen molar-refractivity contribution in [1.82, 2.24) is 0 Å². The van der Waals surface area contributed by atoms with Crippen LogP contribution < -0.4 is 10.4 Å². The number of phenolic OH excluding ortho intramolecular Hbond substituents is 1. The zero-order valence-corrected chi connectivity index (χ0v) is 16.4. The maximum absolute atomic E-state index is 10.7. The molecule has 0 fully saturated rings. The van der Waals surface area contributed by atoms with E-state index < -0.39 is 0 Å². The lowest BCUT2D eigenvalue weighted by Gasteiger charge is -2.13. The standard InChI is InChI=1S/C25H30O/c1-6-9-10-20(7-2)19(5)15-24-21(8-3)16-23(17-25(24)26)22-13-11-18(4)12-14-22/h6,8-9,11-17,20,26H,5,7,10H2,1-4H3. The number of aromatic hydroxyl groups is 1. The SMILES string of the molecule is C=C(C=c1c(O)cc(-c2ccc(C)cc2)cc1=CC)C(CC)CC=CC. The van der Waals surface area contributed by atoms with Crippen molar-refractivity contribution in [3.8, 4) is 16.9 Å². The lowest BCUT2D eigenvalue weighted by molar-refractivity contribution is 0.470. The molecule has 0 aliphatic carbocycles. The third-order valence-corrected chi connectivity index (χ3v) is 4.89. The highest BCUT2D eigenvalue weighted by Gasteiger charge is 2.08. The molecule has 136 valence electrons. The number of allylic oxidation sites excluding steroid dienone is 3. The molecule has 0 heterocycles. The zero-order chi connectivity index (χ0) is 19.1. The first-order chi connectivity index (χ1) is 12.5. The number of phenols is 1. The van der Waals surface area contributed by atoms with Crippen LogP contribution in [0.5, 0.6) is 5.75 Å². The molecule has 1 atom stereocenters. The van der Waals surface area contributed by atoms with Crippen LogP contribution in [0.1, 0.15) is 39.2 Å². The van der Waals surface area contributed by atoms with Crippen molar-refractivity contribution in [1.29, 1.82) is 0 Å². The summed E-state index contributed by atoms with van der Waals surface area (Å²) in [6.07, 6.45) is 10.4. The summed E-state index contributed by atoms with van der Waals surface area (Å²) in [5, 5.41) is 12.6. The predicted octanol–water partition coefficient (Wildman–Crippen LogP) is 5.50. The third-order valence-electron chi connectivity index (χ3n) is 4.89. The molecule has 0 spiro atoms. The second-order valence-electron chi connectivity index (χ2n) is 6.78. The van der Waals surface area contributed by atoms with Gasteiger partial charge in [0.25, 0.3) is 0 Å². The van der Waals surface area contributed by atoms with Crippen LogP contribution in [0.2, 0.25) is 0 Å². The highest BCUT2D eigenvalue weighted by atomic mass is 16.3. The van der Waals surface area contributed by atoms with Gasteiger partial charge in [-0.3, -0.25) is 0 Å². The first-order valence-corrected chi connectivity index (χ1v) is 9.38. The fourth-order valence-electron chi connectivity index (χ4n) is 3.15. The van der Waals surface area contributed by atoms with Gasteiger partial charge in [-0.25, -0.2) is 0 Å². The Morgan fingerprint density at radius 3 is 2.38 bits per heavy atom. The first kappa shape index (κ1) is 19.8. The quantitative estimate of drug-likeness (QED) is 0.685. The number of hydrogen-bond donors (Lipinski definition) is 1. The molecule has 0 saturated carbocycles. The second-order valence-corrected chi connectivity index (χ2v) is 6.78. The van der Waals surface area contributed by atoms with Crippen molar-refractivity contribution in [2.24, 2.45) is 5.92 Å². The van der Waals surface area contributed by atoms with E-state index in [-0.39, 0.29) is 0 Å². The van der Waals surface area contributed by atoms with E-state index in [0.717, 1.165) is 40.0 Å². The Labute approximate surface area is 157 Å². The van der Waals surface area contributed by atoms with Crippen molar-refractivity contribution < 1.29 is 5.11 Å². The Morgan fingerprint density at radius 2 is 1.81 bits per heavy atom. The lowest BCUT2D eigenvalue weighted by Crippen LogP contribution is -2.25. The molecule has 0 aromatic heterocycles. The summed E-state index contributed by atoms with van der Waals surface area (Å²) in [7, 11) is 0. The molecular formula is C25H30O. The first-order valence-electron chi connectivity index (χ1n) is 9.38. The maximum Gasteiger partial charge on any atom is 0.124 e. The largest absolute Gasteiger partial charge is 0.507 e. The number of benzene rings is 2. The summed E-state index contributed by atoms with van der Waals surface area (Å²) in [5.41, 5.74) is 4.43. The Kier molecular flexibility index (Phi) is 7.03. The van der Waals surface area contributed by atoms with Gasteiger partial charge in [0.2, 0.25) is 0 Å². The van der Waals surface area contributed by atoms with Gasteiger partial charge in [0, 0.05) is 5.22 Å². The van der Waals surface area contributed by atoms with E-state index in [1.807, 2.05) is 32.1 Å². The van der Waals surface area contributed by atoms with Gasteiger partial charge in [0.05, 0.1) is 0 Å². The highest BCUT2D eigenvalue weighted by molar-refractivity contribution is 5.67. The van der Waals surface area contributed by atoms with Crippen LogP contribution in [0.25, 0.3) is 23.3 Å². The van der Waals surface area contributed by atoms with Gasteiger partial charge in [-0.15, -0.1) is 0 Å². The van der Waals surface area contributed by atoms with Crippen molar-refractivity contribution >= 4 is 12.2 Å². The molecule has 1 nitrogen and oxygen atoms in total. The van der Waals surface area contributed by atoms with E-state index in [2.05, 4.69) is 62.9 Å². The average Bonchev–Trinajstić information content (AvgIpc) is 2.64. The van der Waals surface area contributed by atoms with Gasteiger partial charge < -0.3 is 5.11 Å². The highest BCUT2D eigenvalue weighted by Crippen LogP contribution is 2.22. The number of hydrogen-bond acceptors (Lipinski definition) is 1. The molecule has 0 aliphatic heterocycles. The molecule has 0 saturated heterocycles. The van der Waals surface area contributed by atoms with Gasteiger partial charge in [-0.05, 0) is 74.1 Å². The van der Waals surface area contributed by atoms with Crippen molar-refractivity contribution in [3.63, 3.8) is 0 Å². The van der Waals surface area contributed by atoms with Gasteiger partial charge in [-0.1, -0.05) is 67.1 Å². The second kappa shape index (κ2) is 9.24. The predicted molar refractivity (Wildman–Crippen MR) is 114 cm³/mol. The van der Waals surface area contributed by atoms with Crippen LogP contribution in [0.3, 0.4) is 0 Å². The van der Waals surface area contributed by atoms with Crippen LogP contribution in [0.4, 0.5) is 0 Å². The molecule has 1 heteroatoms. The summed E-state index contributed by atoms with van der Waals surface area (Å²) in [6, 6.07) is 12.4. The molecule has 2 aromatic rings. The minimum absolute atomic E-state index is 0.304. The van der Waals surface area contributed by atoms with E-state index in [1.54, 1.807) is 0 Å². The fourth-order valence-corrected chi connectivity index (χ4v) is 3.15. The summed E-state index contributed by atoms with van der Waals surface area (Å²) in [5.74, 6) is 0.699. The van der Waals surface area contributed by atoms with Crippen molar-refractivity contribution in [3.05, 3.63) is 76.7 Å². The molecule has 0 bridgehead atoms. The minimum atomic E-state index is 0.304. The van der Waals surface area contributed by atoms with E-state index in [9.17, 15) is 5.11 Å². The molecular weight excluding hydrogens is 316 g/mol. The van der Waals surface area contributed by atoms with E-state index in [1.165, 1.54) is 5.56 Å². The summed E-state index contributed by atoms with van der Waals surface area (Å²) >= 11 is 0. The number of aryl methyl sites for hydroxylation is 1. The minimum Gasteiger partial charge on any atom is -0.507 e. The maximum atomic E-state index is 10.7. The molecule has 26 heavy (non-hydrogen) atoms. The zero-order valence-electron chi connectivity index (χ0n) is 16.4. The van der Waals surface area contributed by atoms with Gasteiger partial charge in [-0.2, -0.15) is 0 Å². The Balaban J connectivity index is 2.50. The molecule has 0 amide bonds. The van der Waals surface area contributed by atoms with Crippen LogP contribution in [-0.2, 0) is 0 Å². The third kappa shape index (κ3) is 4.76. The van der Waals surface area contributed by atoms with Crippen LogP contribution in [0.15, 0.2) is 60.7 Å². The summed E-state index contributed by atoms with van der Waals surface area (Å²) in [4.78, 5) is 0. The van der Waals surface area contributed by atoms with Gasteiger partial charge in [0.1, 0.15) is 5.75 Å². The van der Waals surface area contributed by atoms with Gasteiger partial charge in [0.15, 0.2) is 0 Å². The Hall–Kier alpha value is -2.54. The Bertz CT molecular complexity index is 898. The molecule has 1 unspecified atom stereocenters. The lowest BCUT2D eigenvalue weighted by atomic mass is 9.92. The van der Waals surface area contributed by atoms with E-state index >= 15 is 0 Å². The smallest absolute Gasteiger partial charge is 0.124 e. The molecule has 0 radical (unpaired) electrons. The van der Waals surface area contributed by atoms with E-state index in [4.69, 9.17) is 0 Å². The molecule has 2 rings (SSSR count). The number of rotatable bonds is 6. The van der Waals surface area contributed by atoms with Crippen LogP contribution in [-0.4, -0.2) is 5.11 Å². The van der Waals surface area contributed by atoms with Crippen molar-refractivity contribution in [2.45, 2.75) is 40.5 Å².